The van der Waals surface area contributed by atoms with Crippen molar-refractivity contribution in [2.24, 2.45) is 5.73 Å². The summed E-state index contributed by atoms with van der Waals surface area (Å²) in [6.45, 7) is 2.48. The van der Waals surface area contributed by atoms with Crippen LogP contribution in [0.2, 0.25) is 0 Å². The van der Waals surface area contributed by atoms with E-state index in [1.54, 1.807) is 31.2 Å². The van der Waals surface area contributed by atoms with E-state index in [2.05, 4.69) is 4.72 Å². The minimum atomic E-state index is -3.48. The quantitative estimate of drug-likeness (QED) is 0.776. The molecule has 0 amide bonds. The molecule has 3 N–H and O–H groups in total. The number of methoxy groups -OCH3 is 1. The second-order valence-corrected chi connectivity index (χ2v) is 5.54. The molecule has 6 heteroatoms. The molecular weight excluding hydrogens is 240 g/mol. The predicted octanol–water partition coefficient (Wildman–Crippen LogP) is 0.459. The van der Waals surface area contributed by atoms with Gasteiger partial charge >= 0.3 is 0 Å². The van der Waals surface area contributed by atoms with Crippen molar-refractivity contribution >= 4 is 10.0 Å². The van der Waals surface area contributed by atoms with Gasteiger partial charge < -0.3 is 10.5 Å². The Kier molecular flexibility index (Phi) is 5.07. The summed E-state index contributed by atoms with van der Waals surface area (Å²) in [7, 11) is -1.95. The molecule has 0 aliphatic rings. The minimum Gasteiger partial charge on any atom is -0.383 e. The van der Waals surface area contributed by atoms with Gasteiger partial charge in [0.05, 0.1) is 11.5 Å². The first-order chi connectivity index (χ1) is 7.99. The molecule has 0 aromatic heterocycles. The maximum absolute atomic E-state index is 11.9. The molecule has 1 unspecified atom stereocenters. The third-order valence-electron chi connectivity index (χ3n) is 2.24. The van der Waals surface area contributed by atoms with Crippen molar-refractivity contribution < 1.29 is 13.2 Å². The molecule has 1 aromatic rings. The standard InChI is InChI=1S/C11H18N2O3S/c1-9(8-16-2)13-17(14,15)11-5-3-10(7-12)4-6-11/h3-6,9,13H,7-8,12H2,1-2H3. The Morgan fingerprint density at radius 3 is 2.41 bits per heavy atom. The molecule has 0 saturated carbocycles. The van der Waals surface area contributed by atoms with Crippen LogP contribution in [-0.2, 0) is 21.3 Å². The summed E-state index contributed by atoms with van der Waals surface area (Å²) in [5.41, 5.74) is 6.34. The van der Waals surface area contributed by atoms with E-state index in [1.165, 1.54) is 7.11 Å². The third-order valence-corrected chi connectivity index (χ3v) is 3.85. The van der Waals surface area contributed by atoms with Crippen molar-refractivity contribution in [3.63, 3.8) is 0 Å². The Bertz CT molecular complexity index is 442. The third kappa shape index (κ3) is 4.08. The van der Waals surface area contributed by atoms with Crippen molar-refractivity contribution in [3.05, 3.63) is 29.8 Å². The van der Waals surface area contributed by atoms with Crippen LogP contribution in [0.15, 0.2) is 29.2 Å². The lowest BCUT2D eigenvalue weighted by atomic mass is 10.2. The van der Waals surface area contributed by atoms with Crippen molar-refractivity contribution in [2.45, 2.75) is 24.4 Å². The number of hydrogen-bond donors (Lipinski definition) is 2. The Hall–Kier alpha value is -0.950. The fourth-order valence-corrected chi connectivity index (χ4v) is 2.65. The molecule has 0 spiro atoms. The molecule has 1 atom stereocenters. The molecule has 0 radical (unpaired) electrons. The molecule has 17 heavy (non-hydrogen) atoms. The summed E-state index contributed by atoms with van der Waals surface area (Å²) >= 11 is 0. The van der Waals surface area contributed by atoms with Gasteiger partial charge in [-0.3, -0.25) is 0 Å². The summed E-state index contributed by atoms with van der Waals surface area (Å²) in [4.78, 5) is 0.234. The molecule has 0 fully saturated rings. The van der Waals surface area contributed by atoms with Crippen LogP contribution < -0.4 is 10.5 Å². The van der Waals surface area contributed by atoms with Gasteiger partial charge in [-0.05, 0) is 24.6 Å². The number of ether oxygens (including phenoxy) is 1. The van der Waals surface area contributed by atoms with E-state index < -0.39 is 10.0 Å². The van der Waals surface area contributed by atoms with E-state index in [0.717, 1.165) is 5.56 Å². The van der Waals surface area contributed by atoms with Crippen LogP contribution in [-0.4, -0.2) is 28.2 Å². The Labute approximate surface area is 102 Å². The number of nitrogens with one attached hydrogen (secondary N) is 1. The second-order valence-electron chi connectivity index (χ2n) is 3.83. The molecule has 0 saturated heterocycles. The van der Waals surface area contributed by atoms with Gasteiger partial charge in [0, 0.05) is 19.7 Å². The first-order valence-corrected chi connectivity index (χ1v) is 6.78. The minimum absolute atomic E-state index is 0.234. The summed E-state index contributed by atoms with van der Waals surface area (Å²) in [6, 6.07) is 6.23. The van der Waals surface area contributed by atoms with Crippen LogP contribution in [0.25, 0.3) is 0 Å². The smallest absolute Gasteiger partial charge is 0.240 e. The van der Waals surface area contributed by atoms with Crippen LogP contribution >= 0.6 is 0 Å². The molecule has 96 valence electrons. The van der Waals surface area contributed by atoms with E-state index in [9.17, 15) is 8.42 Å². The molecule has 0 heterocycles. The summed E-state index contributed by atoms with van der Waals surface area (Å²) in [5, 5.41) is 0. The average Bonchev–Trinajstić information content (AvgIpc) is 2.28. The number of rotatable bonds is 6. The van der Waals surface area contributed by atoms with Gasteiger partial charge in [0.15, 0.2) is 0 Å². The second kappa shape index (κ2) is 6.11. The van der Waals surface area contributed by atoms with Gasteiger partial charge in [-0.2, -0.15) is 0 Å². The van der Waals surface area contributed by atoms with E-state index in [1.807, 2.05) is 0 Å². The first-order valence-electron chi connectivity index (χ1n) is 5.30. The first kappa shape index (κ1) is 14.1. The Balaban J connectivity index is 2.82. The van der Waals surface area contributed by atoms with Crippen LogP contribution in [0.4, 0.5) is 0 Å². The fourth-order valence-electron chi connectivity index (χ4n) is 1.42. The topological polar surface area (TPSA) is 81.4 Å². The highest BCUT2D eigenvalue weighted by atomic mass is 32.2. The Morgan fingerprint density at radius 1 is 1.35 bits per heavy atom. The zero-order valence-electron chi connectivity index (χ0n) is 10.0. The fraction of sp³-hybridized carbons (Fsp3) is 0.455. The average molecular weight is 258 g/mol. The highest BCUT2D eigenvalue weighted by Gasteiger charge is 2.16. The zero-order chi connectivity index (χ0) is 12.9. The van der Waals surface area contributed by atoms with Gasteiger partial charge in [0.1, 0.15) is 0 Å². The van der Waals surface area contributed by atoms with Crippen molar-refractivity contribution in [1.82, 2.24) is 4.72 Å². The van der Waals surface area contributed by atoms with Crippen molar-refractivity contribution in [2.75, 3.05) is 13.7 Å². The van der Waals surface area contributed by atoms with Gasteiger partial charge in [0.2, 0.25) is 10.0 Å². The normalized spacial score (nSPS) is 13.6. The van der Waals surface area contributed by atoms with Gasteiger partial charge in [-0.25, -0.2) is 13.1 Å². The largest absolute Gasteiger partial charge is 0.383 e. The van der Waals surface area contributed by atoms with Crippen LogP contribution in [0.5, 0.6) is 0 Å². The summed E-state index contributed by atoms with van der Waals surface area (Å²) < 4.78 is 31.2. The lowest BCUT2D eigenvalue weighted by Crippen LogP contribution is -2.35. The molecule has 0 aliphatic carbocycles. The zero-order valence-corrected chi connectivity index (χ0v) is 10.8. The maximum atomic E-state index is 11.9. The highest BCUT2D eigenvalue weighted by Crippen LogP contribution is 2.10. The van der Waals surface area contributed by atoms with Crippen molar-refractivity contribution in [1.29, 1.82) is 0 Å². The summed E-state index contributed by atoms with van der Waals surface area (Å²) in [5.74, 6) is 0. The monoisotopic (exact) mass is 258 g/mol. The lowest BCUT2D eigenvalue weighted by molar-refractivity contribution is 0.180. The van der Waals surface area contributed by atoms with Crippen LogP contribution in [0.1, 0.15) is 12.5 Å². The van der Waals surface area contributed by atoms with Gasteiger partial charge in [0.25, 0.3) is 0 Å². The van der Waals surface area contributed by atoms with Crippen LogP contribution in [0, 0.1) is 0 Å². The molecule has 0 aliphatic heterocycles. The molecule has 1 rings (SSSR count). The highest BCUT2D eigenvalue weighted by molar-refractivity contribution is 7.89. The van der Waals surface area contributed by atoms with Crippen molar-refractivity contribution in [3.8, 4) is 0 Å². The molecule has 0 bridgehead atoms. The van der Waals surface area contributed by atoms with Gasteiger partial charge in [-0.15, -0.1) is 0 Å². The van der Waals surface area contributed by atoms with E-state index in [0.29, 0.717) is 13.2 Å². The Morgan fingerprint density at radius 2 is 1.94 bits per heavy atom. The van der Waals surface area contributed by atoms with Crippen LogP contribution in [0.3, 0.4) is 0 Å². The lowest BCUT2D eigenvalue weighted by Gasteiger charge is -2.13. The molecule has 5 nitrogen and oxygen atoms in total. The SMILES string of the molecule is COCC(C)NS(=O)(=O)c1ccc(CN)cc1. The van der Waals surface area contributed by atoms with E-state index in [-0.39, 0.29) is 10.9 Å². The molecular formula is C11H18N2O3S. The maximum Gasteiger partial charge on any atom is 0.240 e. The predicted molar refractivity (Wildman–Crippen MR) is 66.0 cm³/mol. The van der Waals surface area contributed by atoms with E-state index in [4.69, 9.17) is 10.5 Å². The number of benzene rings is 1. The summed E-state index contributed by atoms with van der Waals surface area (Å²) in [6.07, 6.45) is 0. The number of hydrogen-bond acceptors (Lipinski definition) is 4. The van der Waals surface area contributed by atoms with Gasteiger partial charge in [-0.1, -0.05) is 12.1 Å². The number of sulfonamides is 1. The molecule has 1 aromatic carbocycles. The van der Waals surface area contributed by atoms with E-state index >= 15 is 0 Å². The number of nitrogens with two attached hydrogens (primary N) is 1.